The Kier molecular flexibility index (Phi) is 4.70. The van der Waals surface area contributed by atoms with Gasteiger partial charge in [-0.15, -0.1) is 0 Å². The molecule has 0 bridgehead atoms. The Hall–Kier alpha value is -2.64. The number of hydrogen-bond acceptors (Lipinski definition) is 8. The predicted octanol–water partition coefficient (Wildman–Crippen LogP) is 0.727. The van der Waals surface area contributed by atoms with Gasteiger partial charge in [-0.1, -0.05) is 0 Å². The summed E-state index contributed by atoms with van der Waals surface area (Å²) in [6.07, 6.45) is 13.7. The Morgan fingerprint density at radius 2 is 1.57 bits per heavy atom. The first-order valence-electron chi connectivity index (χ1n) is 6.49. The Morgan fingerprint density at radius 3 is 2.29 bits per heavy atom. The van der Waals surface area contributed by atoms with E-state index >= 15 is 0 Å². The molecule has 0 aromatic rings. The normalized spacial score (nSPS) is 25.8. The maximum Gasteiger partial charge on any atom is 0.140 e. The van der Waals surface area contributed by atoms with E-state index in [-0.39, 0.29) is 12.3 Å². The van der Waals surface area contributed by atoms with Gasteiger partial charge in [0.1, 0.15) is 12.3 Å². The largest absolute Gasteiger partial charge is 0.792 e. The van der Waals surface area contributed by atoms with E-state index in [2.05, 4.69) is 10.3 Å². The Labute approximate surface area is 123 Å². The fourth-order valence-electron chi connectivity index (χ4n) is 2.25. The summed E-state index contributed by atoms with van der Waals surface area (Å²) in [5, 5.41) is 26.5. The lowest BCUT2D eigenvalue weighted by atomic mass is 10.4. The maximum absolute atomic E-state index is 10.4. The van der Waals surface area contributed by atoms with Crippen LogP contribution in [-0.4, -0.2) is 65.0 Å². The molecule has 2 heterocycles. The van der Waals surface area contributed by atoms with Crippen molar-refractivity contribution < 1.29 is 0 Å². The van der Waals surface area contributed by atoms with Crippen molar-refractivity contribution in [2.24, 2.45) is 10.3 Å². The summed E-state index contributed by atoms with van der Waals surface area (Å²) in [7, 11) is 3.75. The highest BCUT2D eigenvalue weighted by atomic mass is 16.4. The van der Waals surface area contributed by atoms with Gasteiger partial charge in [0.2, 0.25) is 0 Å². The summed E-state index contributed by atoms with van der Waals surface area (Å²) >= 11 is 0. The van der Waals surface area contributed by atoms with Crippen molar-refractivity contribution in [3.05, 3.63) is 47.5 Å². The van der Waals surface area contributed by atoms with Crippen molar-refractivity contribution >= 4 is 12.4 Å². The van der Waals surface area contributed by atoms with Crippen molar-refractivity contribution in [1.29, 1.82) is 0 Å². The van der Waals surface area contributed by atoms with Crippen LogP contribution in [0, 0.1) is 10.4 Å². The van der Waals surface area contributed by atoms with E-state index in [1.165, 1.54) is 12.4 Å². The minimum Gasteiger partial charge on any atom is -0.792 e. The summed E-state index contributed by atoms with van der Waals surface area (Å²) in [6.45, 7) is 0.618. The van der Waals surface area contributed by atoms with Gasteiger partial charge >= 0.3 is 0 Å². The molecule has 0 saturated heterocycles. The molecule has 21 heavy (non-hydrogen) atoms. The molecular formula is C13H18N6O2-2. The molecule has 0 N–H and O–H groups in total. The van der Waals surface area contributed by atoms with Gasteiger partial charge in [0.15, 0.2) is 0 Å². The number of nitrogens with zero attached hydrogens (tertiary/aromatic N) is 6. The van der Waals surface area contributed by atoms with Gasteiger partial charge in [-0.05, 0) is 6.08 Å². The molecule has 0 aliphatic carbocycles. The molecular weight excluding hydrogens is 272 g/mol. The molecule has 0 fully saturated rings. The Bertz CT molecular complexity index is 487. The standard InChI is InChI=1S/C13H20N6O2/c1-16-6-8-18(12(16)10-14-20)4-3-5-19-9-7-17(2)13(19)11-15-21/h3-4,6-13,20-21H,5H2,1-2H3/p-2/b4-3+,14-10+,15-11+. The van der Waals surface area contributed by atoms with Crippen LogP contribution in [-0.2, 0) is 0 Å². The molecule has 2 unspecified atom stereocenters. The number of hydrogen-bond donors (Lipinski definition) is 0. The van der Waals surface area contributed by atoms with Crippen LogP contribution in [0.4, 0.5) is 0 Å². The third kappa shape index (κ3) is 3.28. The summed E-state index contributed by atoms with van der Waals surface area (Å²) < 4.78 is 0. The Balaban J connectivity index is 1.93. The van der Waals surface area contributed by atoms with Crippen LogP contribution in [0.1, 0.15) is 0 Å². The first-order valence-corrected chi connectivity index (χ1v) is 6.49. The fraction of sp³-hybridized carbons (Fsp3) is 0.385. The SMILES string of the molecule is CN1C=CN(/C=C/CN2C=CN(C)C2/C=N/[O-])C1/C=N/[O-]. The van der Waals surface area contributed by atoms with Crippen molar-refractivity contribution in [2.45, 2.75) is 12.3 Å². The van der Waals surface area contributed by atoms with E-state index < -0.39 is 0 Å². The summed E-state index contributed by atoms with van der Waals surface area (Å²) in [6, 6.07) is 0. The first-order chi connectivity index (χ1) is 10.2. The van der Waals surface area contributed by atoms with Crippen LogP contribution < -0.4 is 0 Å². The fourth-order valence-corrected chi connectivity index (χ4v) is 2.25. The average Bonchev–Trinajstić information content (AvgIpc) is 2.98. The maximum atomic E-state index is 10.4. The van der Waals surface area contributed by atoms with Crippen LogP contribution in [0.2, 0.25) is 0 Å². The van der Waals surface area contributed by atoms with Gasteiger partial charge < -0.3 is 40.3 Å². The lowest BCUT2D eigenvalue weighted by Crippen LogP contribution is -2.38. The highest BCUT2D eigenvalue weighted by Gasteiger charge is 2.21. The predicted molar refractivity (Wildman–Crippen MR) is 82.8 cm³/mol. The molecule has 0 saturated carbocycles. The van der Waals surface area contributed by atoms with Gasteiger partial charge in [-0.3, -0.25) is 0 Å². The summed E-state index contributed by atoms with van der Waals surface area (Å²) in [5.74, 6) is 0. The Morgan fingerprint density at radius 1 is 0.952 bits per heavy atom. The monoisotopic (exact) mass is 290 g/mol. The van der Waals surface area contributed by atoms with Gasteiger partial charge in [-0.25, -0.2) is 0 Å². The van der Waals surface area contributed by atoms with Crippen LogP contribution in [0.3, 0.4) is 0 Å². The minimum atomic E-state index is -0.199. The summed E-state index contributed by atoms with van der Waals surface area (Å²) in [5.41, 5.74) is 0. The molecule has 2 rings (SSSR count). The average molecular weight is 290 g/mol. The van der Waals surface area contributed by atoms with Crippen LogP contribution in [0.5, 0.6) is 0 Å². The molecule has 8 heteroatoms. The van der Waals surface area contributed by atoms with E-state index in [4.69, 9.17) is 0 Å². The van der Waals surface area contributed by atoms with E-state index in [9.17, 15) is 10.4 Å². The second kappa shape index (κ2) is 6.69. The third-order valence-corrected chi connectivity index (χ3v) is 3.43. The van der Waals surface area contributed by atoms with Crippen molar-refractivity contribution in [3.63, 3.8) is 0 Å². The molecule has 0 aromatic heterocycles. The van der Waals surface area contributed by atoms with Crippen molar-refractivity contribution in [1.82, 2.24) is 19.6 Å². The highest BCUT2D eigenvalue weighted by molar-refractivity contribution is 5.66. The van der Waals surface area contributed by atoms with Crippen molar-refractivity contribution in [2.75, 3.05) is 20.6 Å². The summed E-state index contributed by atoms with van der Waals surface area (Å²) in [4.78, 5) is 7.62. The van der Waals surface area contributed by atoms with E-state index in [0.717, 1.165) is 0 Å². The zero-order valence-corrected chi connectivity index (χ0v) is 12.0. The first kappa shape index (κ1) is 14.8. The molecule has 2 atom stereocenters. The number of rotatable bonds is 5. The minimum absolute atomic E-state index is 0.164. The topological polar surface area (TPSA) is 83.8 Å². The van der Waals surface area contributed by atoms with E-state index in [1.54, 1.807) is 0 Å². The van der Waals surface area contributed by atoms with Crippen LogP contribution in [0.25, 0.3) is 0 Å². The molecule has 0 amide bonds. The van der Waals surface area contributed by atoms with Gasteiger partial charge in [0.05, 0.1) is 0 Å². The zero-order valence-electron chi connectivity index (χ0n) is 12.0. The lowest BCUT2D eigenvalue weighted by Gasteiger charge is -2.27. The van der Waals surface area contributed by atoms with Gasteiger partial charge in [-0.2, -0.15) is 0 Å². The van der Waals surface area contributed by atoms with Crippen LogP contribution >= 0.6 is 0 Å². The molecule has 0 spiro atoms. The second-order valence-electron chi connectivity index (χ2n) is 4.79. The van der Waals surface area contributed by atoms with E-state index in [0.29, 0.717) is 6.54 Å². The molecule has 2 aliphatic heterocycles. The van der Waals surface area contributed by atoms with E-state index in [1.807, 2.05) is 70.8 Å². The molecule has 0 radical (unpaired) electrons. The zero-order chi connectivity index (χ0) is 15.2. The highest BCUT2D eigenvalue weighted by Crippen LogP contribution is 2.14. The second-order valence-corrected chi connectivity index (χ2v) is 4.79. The quantitative estimate of drug-likeness (QED) is 0.548. The molecule has 2 aliphatic rings. The van der Waals surface area contributed by atoms with Crippen molar-refractivity contribution in [3.8, 4) is 0 Å². The smallest absolute Gasteiger partial charge is 0.140 e. The third-order valence-electron chi connectivity index (χ3n) is 3.43. The molecule has 114 valence electrons. The lowest BCUT2D eigenvalue weighted by molar-refractivity contribution is 0.261. The molecule has 8 nitrogen and oxygen atoms in total. The van der Waals surface area contributed by atoms with Gasteiger partial charge in [0, 0.05) is 64.1 Å². The van der Waals surface area contributed by atoms with Crippen LogP contribution in [0.15, 0.2) is 47.4 Å². The molecule has 0 aromatic carbocycles. The van der Waals surface area contributed by atoms with Gasteiger partial charge in [0.25, 0.3) is 0 Å².